The number of rotatable bonds is 2. The first kappa shape index (κ1) is 11.7. The lowest BCUT2D eigenvalue weighted by Crippen LogP contribution is -2.47. The first-order valence-corrected chi connectivity index (χ1v) is 6.43. The zero-order chi connectivity index (χ0) is 11.5. The van der Waals surface area contributed by atoms with Crippen molar-refractivity contribution < 1.29 is 4.79 Å². The molecule has 2 rings (SSSR count). The Hall–Kier alpha value is -0.770. The number of fused-ring (bicyclic) bond motifs is 1. The molecule has 1 aliphatic heterocycles. The molecule has 2 fully saturated rings. The molecule has 1 aliphatic carbocycles. The third-order valence-electron chi connectivity index (χ3n) is 3.71. The van der Waals surface area contributed by atoms with Crippen molar-refractivity contribution in [1.82, 2.24) is 16.0 Å². The quantitative estimate of drug-likeness (QED) is 0.659. The van der Waals surface area contributed by atoms with Gasteiger partial charge in [-0.1, -0.05) is 0 Å². The standard InChI is InChI=1S/C12H23N3O/c1-8(2)14-12(16)15-11-4-3-9-6-13-7-10(9)5-11/h8-11,13H,3-7H2,1-2H3,(H2,14,15,16)/t9-,10+,11?/m0/s1. The van der Waals surface area contributed by atoms with Crippen LogP contribution in [0.15, 0.2) is 0 Å². The van der Waals surface area contributed by atoms with E-state index in [2.05, 4.69) is 16.0 Å². The molecule has 1 saturated heterocycles. The van der Waals surface area contributed by atoms with E-state index in [1.165, 1.54) is 13.0 Å². The molecule has 1 heterocycles. The highest BCUT2D eigenvalue weighted by atomic mass is 16.2. The molecule has 1 saturated carbocycles. The van der Waals surface area contributed by atoms with Gasteiger partial charge in [0.2, 0.25) is 0 Å². The normalized spacial score (nSPS) is 33.6. The maximum absolute atomic E-state index is 11.6. The number of hydrogen-bond donors (Lipinski definition) is 3. The molecule has 16 heavy (non-hydrogen) atoms. The van der Waals surface area contributed by atoms with Crippen molar-refractivity contribution in [2.24, 2.45) is 11.8 Å². The zero-order valence-corrected chi connectivity index (χ0v) is 10.3. The van der Waals surface area contributed by atoms with Crippen molar-refractivity contribution in [2.75, 3.05) is 13.1 Å². The molecule has 3 N–H and O–H groups in total. The smallest absolute Gasteiger partial charge is 0.315 e. The zero-order valence-electron chi connectivity index (χ0n) is 10.3. The van der Waals surface area contributed by atoms with Crippen molar-refractivity contribution in [3.05, 3.63) is 0 Å². The van der Waals surface area contributed by atoms with Gasteiger partial charge in [-0.15, -0.1) is 0 Å². The topological polar surface area (TPSA) is 53.2 Å². The Kier molecular flexibility index (Phi) is 3.69. The second-order valence-electron chi connectivity index (χ2n) is 5.46. The van der Waals surface area contributed by atoms with Crippen molar-refractivity contribution in [2.45, 2.75) is 45.2 Å². The van der Waals surface area contributed by atoms with Gasteiger partial charge in [-0.25, -0.2) is 4.79 Å². The van der Waals surface area contributed by atoms with Gasteiger partial charge in [0.1, 0.15) is 0 Å². The Balaban J connectivity index is 1.76. The number of urea groups is 1. The molecule has 2 aliphatic rings. The van der Waals surface area contributed by atoms with Crippen LogP contribution in [0.2, 0.25) is 0 Å². The molecule has 3 atom stereocenters. The number of carbonyl (C=O) groups is 1. The van der Waals surface area contributed by atoms with E-state index in [0.717, 1.165) is 31.2 Å². The van der Waals surface area contributed by atoms with Gasteiger partial charge in [0.15, 0.2) is 0 Å². The van der Waals surface area contributed by atoms with Gasteiger partial charge in [0.05, 0.1) is 0 Å². The van der Waals surface area contributed by atoms with E-state index in [4.69, 9.17) is 0 Å². The highest BCUT2D eigenvalue weighted by molar-refractivity contribution is 5.74. The van der Waals surface area contributed by atoms with Crippen molar-refractivity contribution >= 4 is 6.03 Å². The monoisotopic (exact) mass is 225 g/mol. The minimum absolute atomic E-state index is 0.00981. The number of hydrogen-bond acceptors (Lipinski definition) is 2. The van der Waals surface area contributed by atoms with E-state index < -0.39 is 0 Å². The first-order chi connectivity index (χ1) is 7.65. The van der Waals surface area contributed by atoms with Crippen LogP contribution in [0, 0.1) is 11.8 Å². The van der Waals surface area contributed by atoms with Crippen LogP contribution in [0.5, 0.6) is 0 Å². The summed E-state index contributed by atoms with van der Waals surface area (Å²) in [7, 11) is 0. The predicted octanol–water partition coefficient (Wildman–Crippen LogP) is 1.08. The van der Waals surface area contributed by atoms with Crippen LogP contribution >= 0.6 is 0 Å². The summed E-state index contributed by atoms with van der Waals surface area (Å²) in [4.78, 5) is 11.6. The van der Waals surface area contributed by atoms with Crippen LogP contribution in [-0.2, 0) is 0 Å². The summed E-state index contributed by atoms with van der Waals surface area (Å²) in [5.41, 5.74) is 0. The van der Waals surface area contributed by atoms with E-state index in [0.29, 0.717) is 6.04 Å². The third-order valence-corrected chi connectivity index (χ3v) is 3.71. The lowest BCUT2D eigenvalue weighted by atomic mass is 9.79. The van der Waals surface area contributed by atoms with Gasteiger partial charge in [0, 0.05) is 12.1 Å². The highest BCUT2D eigenvalue weighted by Gasteiger charge is 2.34. The molecular weight excluding hydrogens is 202 g/mol. The SMILES string of the molecule is CC(C)NC(=O)NC1CC[C@H]2CNC[C@H]2C1. The van der Waals surface area contributed by atoms with E-state index >= 15 is 0 Å². The molecule has 0 bridgehead atoms. The molecule has 4 heteroatoms. The number of nitrogens with one attached hydrogen (secondary N) is 3. The first-order valence-electron chi connectivity index (χ1n) is 6.43. The Morgan fingerprint density at radius 1 is 1.25 bits per heavy atom. The second-order valence-corrected chi connectivity index (χ2v) is 5.46. The van der Waals surface area contributed by atoms with Crippen molar-refractivity contribution in [1.29, 1.82) is 0 Å². The minimum atomic E-state index is -0.00981. The van der Waals surface area contributed by atoms with Crippen LogP contribution in [0.1, 0.15) is 33.1 Å². The van der Waals surface area contributed by atoms with Crippen molar-refractivity contribution in [3.8, 4) is 0 Å². The van der Waals surface area contributed by atoms with Gasteiger partial charge in [-0.05, 0) is 58.0 Å². The van der Waals surface area contributed by atoms with Crippen LogP contribution in [0.4, 0.5) is 4.79 Å². The third kappa shape index (κ3) is 2.88. The maximum Gasteiger partial charge on any atom is 0.315 e. The summed E-state index contributed by atoms with van der Waals surface area (Å²) < 4.78 is 0. The molecule has 4 nitrogen and oxygen atoms in total. The largest absolute Gasteiger partial charge is 0.336 e. The summed E-state index contributed by atoms with van der Waals surface area (Å²) in [5, 5.41) is 9.41. The maximum atomic E-state index is 11.6. The summed E-state index contributed by atoms with van der Waals surface area (Å²) in [5.74, 6) is 1.63. The van der Waals surface area contributed by atoms with Gasteiger partial charge in [-0.2, -0.15) is 0 Å². The van der Waals surface area contributed by atoms with Crippen molar-refractivity contribution in [3.63, 3.8) is 0 Å². The fourth-order valence-corrected chi connectivity index (χ4v) is 2.92. The Morgan fingerprint density at radius 3 is 2.75 bits per heavy atom. The number of carbonyl (C=O) groups excluding carboxylic acids is 1. The van der Waals surface area contributed by atoms with Gasteiger partial charge in [0.25, 0.3) is 0 Å². The Morgan fingerprint density at radius 2 is 2.00 bits per heavy atom. The van der Waals surface area contributed by atoms with E-state index in [-0.39, 0.29) is 12.1 Å². The fourth-order valence-electron chi connectivity index (χ4n) is 2.92. The van der Waals surface area contributed by atoms with Crippen LogP contribution in [0.3, 0.4) is 0 Å². The predicted molar refractivity (Wildman–Crippen MR) is 64.3 cm³/mol. The molecule has 0 radical (unpaired) electrons. The minimum Gasteiger partial charge on any atom is -0.336 e. The molecule has 0 aromatic heterocycles. The number of amides is 2. The van der Waals surface area contributed by atoms with E-state index in [9.17, 15) is 4.79 Å². The lowest BCUT2D eigenvalue weighted by molar-refractivity contribution is 0.213. The van der Waals surface area contributed by atoms with E-state index in [1.807, 2.05) is 13.8 Å². The molecule has 92 valence electrons. The van der Waals surface area contributed by atoms with Gasteiger partial charge < -0.3 is 16.0 Å². The Labute approximate surface area is 97.6 Å². The lowest BCUT2D eigenvalue weighted by Gasteiger charge is -2.31. The molecule has 0 aromatic carbocycles. The summed E-state index contributed by atoms with van der Waals surface area (Å²) in [6.45, 7) is 6.28. The molecule has 1 unspecified atom stereocenters. The fraction of sp³-hybridized carbons (Fsp3) is 0.917. The summed E-state index contributed by atoms with van der Waals surface area (Å²) in [6.07, 6.45) is 3.53. The van der Waals surface area contributed by atoms with Crippen LogP contribution < -0.4 is 16.0 Å². The van der Waals surface area contributed by atoms with Crippen LogP contribution in [0.25, 0.3) is 0 Å². The highest BCUT2D eigenvalue weighted by Crippen LogP contribution is 2.32. The van der Waals surface area contributed by atoms with Gasteiger partial charge in [-0.3, -0.25) is 0 Å². The summed E-state index contributed by atoms with van der Waals surface area (Å²) in [6, 6.07) is 0.578. The molecule has 0 spiro atoms. The second kappa shape index (κ2) is 5.04. The van der Waals surface area contributed by atoms with E-state index in [1.54, 1.807) is 0 Å². The molecular formula is C12H23N3O. The van der Waals surface area contributed by atoms with Gasteiger partial charge >= 0.3 is 6.03 Å². The molecule has 0 aromatic rings. The molecule has 2 amide bonds. The van der Waals surface area contributed by atoms with Crippen LogP contribution in [-0.4, -0.2) is 31.2 Å². The Bertz CT molecular complexity index is 255. The summed E-state index contributed by atoms with van der Waals surface area (Å²) >= 11 is 0. The average molecular weight is 225 g/mol. The average Bonchev–Trinajstić information content (AvgIpc) is 2.63.